The first-order chi connectivity index (χ1) is 11.3. The summed E-state index contributed by atoms with van der Waals surface area (Å²) in [5.74, 6) is -0.849. The maximum atomic E-state index is 12.9. The average molecular weight is 342 g/mol. The summed E-state index contributed by atoms with van der Waals surface area (Å²) < 4.78 is 43.5. The first-order valence-corrected chi connectivity index (χ1v) is 7.66. The third-order valence-corrected chi connectivity index (χ3v) is 4.28. The second kappa shape index (κ2) is 6.43. The van der Waals surface area contributed by atoms with Gasteiger partial charge >= 0.3 is 6.18 Å². The molecule has 2 aliphatic heterocycles. The molecule has 2 heterocycles. The van der Waals surface area contributed by atoms with E-state index < -0.39 is 36.8 Å². The Labute approximate surface area is 136 Å². The molecule has 3 atom stereocenters. The van der Waals surface area contributed by atoms with Crippen molar-refractivity contribution in [2.24, 2.45) is 0 Å². The number of amides is 2. The van der Waals surface area contributed by atoms with Crippen LogP contribution in [-0.4, -0.2) is 54.2 Å². The normalized spacial score (nSPS) is 28.1. The lowest BCUT2D eigenvalue weighted by atomic mass is 10.0. The number of hydrogen-bond acceptors (Lipinski definition) is 3. The first-order valence-electron chi connectivity index (χ1n) is 7.66. The average Bonchev–Trinajstić information content (AvgIpc) is 2.64. The van der Waals surface area contributed by atoms with Gasteiger partial charge in [-0.05, 0) is 5.56 Å². The predicted octanol–water partition coefficient (Wildman–Crippen LogP) is 1.28. The first kappa shape index (κ1) is 16.8. The van der Waals surface area contributed by atoms with Gasteiger partial charge in [-0.15, -0.1) is 0 Å². The molecule has 8 heteroatoms. The lowest BCUT2D eigenvalue weighted by Crippen LogP contribution is -2.58. The van der Waals surface area contributed by atoms with E-state index in [9.17, 15) is 22.8 Å². The third kappa shape index (κ3) is 3.53. The number of carbonyl (C=O) groups excluding carboxylic acids is 2. The number of rotatable bonds is 2. The molecule has 1 aromatic carbocycles. The zero-order chi connectivity index (χ0) is 17.3. The smallest absolute Gasteiger partial charge is 0.365 e. The molecule has 2 saturated heterocycles. The maximum Gasteiger partial charge on any atom is 0.416 e. The van der Waals surface area contributed by atoms with Gasteiger partial charge in [0.1, 0.15) is 6.04 Å². The summed E-state index contributed by atoms with van der Waals surface area (Å²) in [7, 11) is 0. The fourth-order valence-corrected chi connectivity index (χ4v) is 3.05. The highest BCUT2D eigenvalue weighted by molar-refractivity contribution is 5.90. The molecule has 2 fully saturated rings. The Balaban J connectivity index is 1.80. The van der Waals surface area contributed by atoms with Gasteiger partial charge in [-0.2, -0.15) is 13.2 Å². The molecule has 2 aliphatic rings. The highest BCUT2D eigenvalue weighted by Gasteiger charge is 2.48. The molecule has 2 amide bonds. The number of alkyl halides is 3. The molecular formula is C16H17F3N2O3. The Morgan fingerprint density at radius 2 is 1.92 bits per heavy atom. The van der Waals surface area contributed by atoms with E-state index in [4.69, 9.17) is 4.74 Å². The molecule has 1 aromatic rings. The minimum absolute atomic E-state index is 0.0540. The van der Waals surface area contributed by atoms with E-state index in [1.807, 2.05) is 6.07 Å². The lowest BCUT2D eigenvalue weighted by Gasteiger charge is -2.39. The van der Waals surface area contributed by atoms with Gasteiger partial charge < -0.3 is 15.0 Å². The Morgan fingerprint density at radius 1 is 1.21 bits per heavy atom. The largest absolute Gasteiger partial charge is 0.416 e. The summed E-state index contributed by atoms with van der Waals surface area (Å²) in [6.45, 7) is -0.866. The van der Waals surface area contributed by atoms with E-state index in [1.54, 1.807) is 24.3 Å². The number of halogens is 3. The van der Waals surface area contributed by atoms with Gasteiger partial charge in [0.2, 0.25) is 11.8 Å². The highest BCUT2D eigenvalue weighted by atomic mass is 19.4. The number of carbonyl (C=O) groups is 2. The number of ether oxygens (including phenoxy) is 1. The monoisotopic (exact) mass is 342 g/mol. The van der Waals surface area contributed by atoms with E-state index in [0.29, 0.717) is 0 Å². The van der Waals surface area contributed by atoms with Crippen molar-refractivity contribution in [3.8, 4) is 0 Å². The second-order valence-electron chi connectivity index (χ2n) is 6.02. The molecule has 3 rings (SSSR count). The van der Waals surface area contributed by atoms with Crippen molar-refractivity contribution >= 4 is 11.8 Å². The molecule has 0 aliphatic carbocycles. The van der Waals surface area contributed by atoms with Crippen LogP contribution in [0.4, 0.5) is 13.2 Å². The Morgan fingerprint density at radius 3 is 2.58 bits per heavy atom. The van der Waals surface area contributed by atoms with Crippen LogP contribution in [0, 0.1) is 0 Å². The van der Waals surface area contributed by atoms with Gasteiger partial charge in [-0.25, -0.2) is 0 Å². The fraction of sp³-hybridized carbons (Fsp3) is 0.500. The van der Waals surface area contributed by atoms with Crippen LogP contribution in [0.15, 0.2) is 30.3 Å². The fourth-order valence-electron chi connectivity index (χ4n) is 3.05. The molecule has 24 heavy (non-hydrogen) atoms. The van der Waals surface area contributed by atoms with E-state index in [1.165, 1.54) is 0 Å². The van der Waals surface area contributed by atoms with Crippen molar-refractivity contribution in [1.82, 2.24) is 10.2 Å². The molecule has 0 saturated carbocycles. The standard InChI is InChI=1S/C16H17F3N2O3/c17-16(18,19)13-8-21-11(9-24-13)7-14(22)20-12(15(21)23)6-10-4-2-1-3-5-10/h1-5,11-13H,6-9H2,(H,20,22)/t11-,12?,13-/m0/s1. The Hall–Kier alpha value is -2.09. The number of nitrogens with one attached hydrogen (secondary N) is 1. The van der Waals surface area contributed by atoms with Crippen molar-refractivity contribution < 1.29 is 27.5 Å². The van der Waals surface area contributed by atoms with Gasteiger partial charge in [0, 0.05) is 12.8 Å². The van der Waals surface area contributed by atoms with Gasteiger partial charge in [-0.1, -0.05) is 30.3 Å². The van der Waals surface area contributed by atoms with Crippen LogP contribution in [0.5, 0.6) is 0 Å². The predicted molar refractivity (Wildman–Crippen MR) is 78.0 cm³/mol. The molecule has 0 radical (unpaired) electrons. The van der Waals surface area contributed by atoms with Crippen molar-refractivity contribution in [2.45, 2.75) is 37.2 Å². The SMILES string of the molecule is O=C1C[C@H]2CO[C@H](C(F)(F)F)CN2C(=O)C(Cc2ccccc2)N1. The second-order valence-corrected chi connectivity index (χ2v) is 6.02. The molecule has 0 aromatic heterocycles. The summed E-state index contributed by atoms with van der Waals surface area (Å²) >= 11 is 0. The molecule has 130 valence electrons. The van der Waals surface area contributed by atoms with Gasteiger partial charge in [-0.3, -0.25) is 9.59 Å². The summed E-state index contributed by atoms with van der Waals surface area (Å²) in [5, 5.41) is 2.62. The number of fused-ring (bicyclic) bond motifs is 1. The van der Waals surface area contributed by atoms with E-state index in [0.717, 1.165) is 10.5 Å². The van der Waals surface area contributed by atoms with Gasteiger partial charge in [0.15, 0.2) is 6.10 Å². The minimum atomic E-state index is -4.54. The summed E-state index contributed by atoms with van der Waals surface area (Å²) in [4.78, 5) is 25.8. The van der Waals surface area contributed by atoms with Crippen molar-refractivity contribution in [3.05, 3.63) is 35.9 Å². The van der Waals surface area contributed by atoms with Crippen LogP contribution in [0.2, 0.25) is 0 Å². The summed E-state index contributed by atoms with van der Waals surface area (Å²) in [6, 6.07) is 7.52. The topological polar surface area (TPSA) is 58.6 Å². The zero-order valence-corrected chi connectivity index (χ0v) is 12.8. The summed E-state index contributed by atoms with van der Waals surface area (Å²) in [6.07, 6.45) is -6.36. The van der Waals surface area contributed by atoms with Crippen LogP contribution < -0.4 is 5.32 Å². The van der Waals surface area contributed by atoms with Crippen LogP contribution in [-0.2, 0) is 20.7 Å². The van der Waals surface area contributed by atoms with Crippen molar-refractivity contribution in [3.63, 3.8) is 0 Å². The zero-order valence-electron chi connectivity index (χ0n) is 12.8. The molecule has 1 N–H and O–H groups in total. The van der Waals surface area contributed by atoms with Gasteiger partial charge in [0.05, 0.1) is 19.2 Å². The maximum absolute atomic E-state index is 12.9. The Kier molecular flexibility index (Phi) is 4.49. The van der Waals surface area contributed by atoms with Crippen LogP contribution >= 0.6 is 0 Å². The number of nitrogens with zero attached hydrogens (tertiary/aromatic N) is 1. The van der Waals surface area contributed by atoms with Crippen LogP contribution in [0.1, 0.15) is 12.0 Å². The van der Waals surface area contributed by atoms with E-state index in [-0.39, 0.29) is 25.4 Å². The summed E-state index contributed by atoms with van der Waals surface area (Å²) in [5.41, 5.74) is 0.829. The van der Waals surface area contributed by atoms with Gasteiger partial charge in [0.25, 0.3) is 0 Å². The Bertz CT molecular complexity index is 621. The highest BCUT2D eigenvalue weighted by Crippen LogP contribution is 2.29. The van der Waals surface area contributed by atoms with Crippen LogP contribution in [0.25, 0.3) is 0 Å². The minimum Gasteiger partial charge on any atom is -0.365 e. The van der Waals surface area contributed by atoms with E-state index >= 15 is 0 Å². The van der Waals surface area contributed by atoms with Crippen molar-refractivity contribution in [2.75, 3.05) is 13.2 Å². The molecule has 0 spiro atoms. The van der Waals surface area contributed by atoms with Crippen LogP contribution in [0.3, 0.4) is 0 Å². The lowest BCUT2D eigenvalue weighted by molar-refractivity contribution is -0.243. The van der Waals surface area contributed by atoms with E-state index in [2.05, 4.69) is 5.32 Å². The number of morpholine rings is 1. The quantitative estimate of drug-likeness (QED) is 0.881. The molecule has 0 bridgehead atoms. The molecule has 5 nitrogen and oxygen atoms in total. The third-order valence-electron chi connectivity index (χ3n) is 4.28. The van der Waals surface area contributed by atoms with Crippen molar-refractivity contribution in [1.29, 1.82) is 0 Å². The number of benzene rings is 1. The molecule has 1 unspecified atom stereocenters. The number of hydrogen-bond donors (Lipinski definition) is 1. The molecular weight excluding hydrogens is 325 g/mol.